The van der Waals surface area contributed by atoms with E-state index < -0.39 is 0 Å². The van der Waals surface area contributed by atoms with Crippen LogP contribution in [0.25, 0.3) is 6.08 Å². The molecule has 0 aliphatic heterocycles. The summed E-state index contributed by atoms with van der Waals surface area (Å²) in [6.07, 6.45) is 8.58. The first-order valence-corrected chi connectivity index (χ1v) is 6.85. The third kappa shape index (κ3) is 3.36. The molecule has 0 N–H and O–H groups in total. The molecule has 2 rings (SSSR count). The summed E-state index contributed by atoms with van der Waals surface area (Å²) in [5.74, 6) is -0.0676. The van der Waals surface area contributed by atoms with Crippen molar-refractivity contribution in [2.24, 2.45) is 14.1 Å². The molecule has 20 heavy (non-hydrogen) atoms. The van der Waals surface area contributed by atoms with Crippen molar-refractivity contribution in [2.45, 2.75) is 6.54 Å². The topological polar surface area (TPSA) is 56.0 Å². The number of amides is 1. The Kier molecular flexibility index (Phi) is 4.39. The summed E-state index contributed by atoms with van der Waals surface area (Å²) in [5.41, 5.74) is 1.85. The average Bonchev–Trinajstić information content (AvgIpc) is 2.96. The molecule has 0 aliphatic rings. The van der Waals surface area contributed by atoms with E-state index in [1.165, 1.54) is 0 Å². The van der Waals surface area contributed by atoms with Gasteiger partial charge in [0.15, 0.2) is 0 Å². The van der Waals surface area contributed by atoms with Crippen molar-refractivity contribution in [1.29, 1.82) is 0 Å². The van der Waals surface area contributed by atoms with Gasteiger partial charge in [-0.15, -0.1) is 0 Å². The van der Waals surface area contributed by atoms with Crippen molar-refractivity contribution in [3.8, 4) is 0 Å². The summed E-state index contributed by atoms with van der Waals surface area (Å²) >= 11 is 3.42. The van der Waals surface area contributed by atoms with Crippen LogP contribution in [0.1, 0.15) is 11.3 Å². The van der Waals surface area contributed by atoms with Gasteiger partial charge in [0.2, 0.25) is 5.91 Å². The van der Waals surface area contributed by atoms with E-state index >= 15 is 0 Å². The molecule has 2 heterocycles. The highest BCUT2D eigenvalue weighted by atomic mass is 79.9. The van der Waals surface area contributed by atoms with Gasteiger partial charge in [-0.2, -0.15) is 10.2 Å². The van der Waals surface area contributed by atoms with Crippen molar-refractivity contribution in [2.75, 3.05) is 7.05 Å². The zero-order valence-corrected chi connectivity index (χ0v) is 13.2. The Hall–Kier alpha value is -1.89. The number of carbonyl (C=O) groups is 1. The molecule has 1 amide bonds. The predicted octanol–water partition coefficient (Wildman–Crippen LogP) is 1.59. The van der Waals surface area contributed by atoms with Crippen LogP contribution in [-0.4, -0.2) is 37.4 Å². The number of hydrogen-bond donors (Lipinski definition) is 0. The van der Waals surface area contributed by atoms with E-state index in [0.29, 0.717) is 6.54 Å². The molecule has 0 radical (unpaired) electrons. The molecule has 0 aromatic carbocycles. The van der Waals surface area contributed by atoms with Crippen LogP contribution < -0.4 is 0 Å². The van der Waals surface area contributed by atoms with Gasteiger partial charge in [-0.3, -0.25) is 14.2 Å². The van der Waals surface area contributed by atoms with Crippen molar-refractivity contribution in [3.63, 3.8) is 0 Å². The second kappa shape index (κ2) is 6.04. The van der Waals surface area contributed by atoms with E-state index in [2.05, 4.69) is 26.1 Å². The Labute approximate surface area is 125 Å². The summed E-state index contributed by atoms with van der Waals surface area (Å²) in [6.45, 7) is 0.493. The van der Waals surface area contributed by atoms with Gasteiger partial charge in [-0.05, 0) is 22.0 Å². The highest BCUT2D eigenvalue weighted by Gasteiger charge is 2.11. The molecule has 0 spiro atoms. The molecule has 0 unspecified atom stereocenters. The van der Waals surface area contributed by atoms with Crippen LogP contribution in [0, 0.1) is 0 Å². The van der Waals surface area contributed by atoms with Crippen LogP contribution >= 0.6 is 15.9 Å². The number of aromatic nitrogens is 4. The van der Waals surface area contributed by atoms with Crippen molar-refractivity contribution in [3.05, 3.63) is 40.4 Å². The SMILES string of the molecule is CN(Cc1c(Br)cnn1C)C(=O)/C=C/c1cnn(C)c1. The predicted molar refractivity (Wildman–Crippen MR) is 79.6 cm³/mol. The maximum absolute atomic E-state index is 12.0. The normalized spacial score (nSPS) is 11.2. The van der Waals surface area contributed by atoms with Gasteiger partial charge in [0, 0.05) is 39.0 Å². The first-order valence-electron chi connectivity index (χ1n) is 6.05. The van der Waals surface area contributed by atoms with Gasteiger partial charge < -0.3 is 4.90 Å². The first-order chi connectivity index (χ1) is 9.47. The quantitative estimate of drug-likeness (QED) is 0.796. The fourth-order valence-electron chi connectivity index (χ4n) is 1.74. The summed E-state index contributed by atoms with van der Waals surface area (Å²) in [5, 5.41) is 8.17. The number of hydrogen-bond acceptors (Lipinski definition) is 3. The third-order valence-electron chi connectivity index (χ3n) is 2.92. The Morgan fingerprint density at radius 1 is 1.40 bits per heavy atom. The second-order valence-electron chi connectivity index (χ2n) is 4.54. The lowest BCUT2D eigenvalue weighted by Gasteiger charge is -2.15. The minimum Gasteiger partial charge on any atom is -0.336 e. The lowest BCUT2D eigenvalue weighted by molar-refractivity contribution is -0.125. The van der Waals surface area contributed by atoms with Gasteiger partial charge >= 0.3 is 0 Å². The molecule has 0 saturated heterocycles. The first kappa shape index (κ1) is 14.5. The molecule has 6 nitrogen and oxygen atoms in total. The van der Waals surface area contributed by atoms with E-state index in [4.69, 9.17) is 0 Å². The largest absolute Gasteiger partial charge is 0.336 e. The van der Waals surface area contributed by atoms with Crippen molar-refractivity contribution < 1.29 is 4.79 Å². The van der Waals surface area contributed by atoms with Crippen LogP contribution in [0.3, 0.4) is 0 Å². The van der Waals surface area contributed by atoms with Crippen molar-refractivity contribution >= 4 is 27.9 Å². The third-order valence-corrected chi connectivity index (χ3v) is 3.58. The molecular weight excluding hydrogens is 322 g/mol. The maximum Gasteiger partial charge on any atom is 0.246 e. The maximum atomic E-state index is 12.0. The van der Waals surface area contributed by atoms with Crippen LogP contribution in [-0.2, 0) is 25.4 Å². The molecule has 0 aliphatic carbocycles. The summed E-state index contributed by atoms with van der Waals surface area (Å²) in [4.78, 5) is 13.7. The minimum atomic E-state index is -0.0676. The monoisotopic (exact) mass is 337 g/mol. The number of aryl methyl sites for hydroxylation is 2. The van der Waals surface area contributed by atoms with Crippen LogP contribution in [0.4, 0.5) is 0 Å². The lowest BCUT2D eigenvalue weighted by Crippen LogP contribution is -2.25. The van der Waals surface area contributed by atoms with Crippen molar-refractivity contribution in [1.82, 2.24) is 24.5 Å². The van der Waals surface area contributed by atoms with E-state index in [-0.39, 0.29) is 5.91 Å². The van der Waals surface area contributed by atoms with E-state index in [9.17, 15) is 4.79 Å². The molecular formula is C13H16BrN5O. The smallest absolute Gasteiger partial charge is 0.246 e. The Morgan fingerprint density at radius 3 is 2.70 bits per heavy atom. The van der Waals surface area contributed by atoms with Gasteiger partial charge in [-0.1, -0.05) is 0 Å². The van der Waals surface area contributed by atoms with Gasteiger partial charge in [0.1, 0.15) is 0 Å². The molecule has 106 valence electrons. The Morgan fingerprint density at radius 2 is 2.15 bits per heavy atom. The van der Waals surface area contributed by atoms with E-state index in [0.717, 1.165) is 15.7 Å². The summed E-state index contributed by atoms with van der Waals surface area (Å²) in [7, 11) is 5.45. The fourth-order valence-corrected chi connectivity index (χ4v) is 2.21. The standard InChI is InChI=1S/C13H16BrN5O/c1-17(9-12-11(14)7-16-19(12)3)13(20)5-4-10-6-15-18(2)8-10/h4-8H,9H2,1-3H3/b5-4+. The van der Waals surface area contributed by atoms with Crippen LogP contribution in [0.15, 0.2) is 29.1 Å². The fraction of sp³-hybridized carbons (Fsp3) is 0.308. The van der Waals surface area contributed by atoms with E-state index in [1.807, 2.05) is 20.3 Å². The van der Waals surface area contributed by atoms with Crippen LogP contribution in [0.5, 0.6) is 0 Å². The van der Waals surface area contributed by atoms with E-state index in [1.54, 1.807) is 45.9 Å². The van der Waals surface area contributed by atoms with Crippen LogP contribution in [0.2, 0.25) is 0 Å². The lowest BCUT2D eigenvalue weighted by atomic mass is 10.3. The number of rotatable bonds is 4. The number of carbonyl (C=O) groups excluding carboxylic acids is 1. The number of likely N-dealkylation sites (N-methyl/N-ethyl adjacent to an activating group) is 1. The zero-order chi connectivity index (χ0) is 14.7. The molecule has 2 aromatic rings. The summed E-state index contributed by atoms with van der Waals surface area (Å²) in [6, 6.07) is 0. The number of halogens is 1. The van der Waals surface area contributed by atoms with Gasteiger partial charge in [0.25, 0.3) is 0 Å². The molecule has 7 heteroatoms. The Bertz CT molecular complexity index is 623. The highest BCUT2D eigenvalue weighted by molar-refractivity contribution is 9.10. The minimum absolute atomic E-state index is 0.0676. The molecule has 0 bridgehead atoms. The zero-order valence-electron chi connectivity index (χ0n) is 11.6. The Balaban J connectivity index is 2.00. The second-order valence-corrected chi connectivity index (χ2v) is 5.39. The molecule has 0 saturated carbocycles. The molecule has 0 fully saturated rings. The van der Waals surface area contributed by atoms with Gasteiger partial charge in [-0.25, -0.2) is 0 Å². The average molecular weight is 338 g/mol. The summed E-state index contributed by atoms with van der Waals surface area (Å²) < 4.78 is 4.34. The molecule has 0 atom stereocenters. The highest BCUT2D eigenvalue weighted by Crippen LogP contribution is 2.16. The van der Waals surface area contributed by atoms with Gasteiger partial charge in [0.05, 0.1) is 29.1 Å². The number of nitrogens with zero attached hydrogens (tertiary/aromatic N) is 5. The molecule has 2 aromatic heterocycles.